The van der Waals surface area contributed by atoms with Crippen molar-refractivity contribution in [3.05, 3.63) is 22.7 Å². The van der Waals surface area contributed by atoms with Crippen LogP contribution >= 0.6 is 24.8 Å². The maximum absolute atomic E-state index is 2.46. The Labute approximate surface area is 93.6 Å². The van der Waals surface area contributed by atoms with Crippen LogP contribution in [0.1, 0.15) is 6.42 Å². The predicted octanol–water partition coefficient (Wildman–Crippen LogP) is 5.14. The molecule has 13 heavy (non-hydrogen) atoms. The molecule has 0 bridgehead atoms. The molecule has 0 radical (unpaired) electrons. The van der Waals surface area contributed by atoms with Crippen molar-refractivity contribution in [3.8, 4) is 0 Å². The van der Waals surface area contributed by atoms with Crippen LogP contribution in [0.5, 0.6) is 0 Å². The van der Waals surface area contributed by atoms with Gasteiger partial charge in [-0.3, -0.25) is 0 Å². The Morgan fingerprint density at radius 1 is 1.00 bits per heavy atom. The monoisotopic (exact) mass is 264 g/mol. The molecule has 0 aromatic rings. The average Bonchev–Trinajstić information content (AvgIpc) is 2.01. The van der Waals surface area contributed by atoms with Crippen molar-refractivity contribution in [2.45, 2.75) is 35.3 Å². The molecule has 1 rings (SSSR count). The molecular weight excluding hydrogens is 243 g/mol. The zero-order valence-electron chi connectivity index (χ0n) is 9.16. The van der Waals surface area contributed by atoms with Crippen LogP contribution in [0.25, 0.3) is 0 Å². The van der Waals surface area contributed by atoms with Crippen molar-refractivity contribution in [2.75, 3.05) is 0 Å². The van der Waals surface area contributed by atoms with E-state index in [0.717, 1.165) is 0 Å². The molecule has 3 heteroatoms. The van der Waals surface area contributed by atoms with E-state index < -0.39 is 10.9 Å². The van der Waals surface area contributed by atoms with Crippen LogP contribution in [-0.4, -0.2) is 0 Å². The minimum atomic E-state index is -2.37. The Bertz CT molecular complexity index is 240. The van der Waals surface area contributed by atoms with Crippen LogP contribution in [0.4, 0.5) is 0 Å². The van der Waals surface area contributed by atoms with Gasteiger partial charge in [0.1, 0.15) is 0 Å². The molecule has 0 fully saturated rings. The number of halogens is 2. The maximum atomic E-state index is 2.46. The summed E-state index contributed by atoms with van der Waals surface area (Å²) < 4.78 is 1.68. The third-order valence-corrected chi connectivity index (χ3v) is 6.62. The van der Waals surface area contributed by atoms with E-state index in [1.54, 1.807) is 4.44 Å². The molecule has 82 valence electrons. The van der Waals surface area contributed by atoms with Crippen LogP contribution in [0, 0.1) is 0 Å². The van der Waals surface area contributed by atoms with Crippen LogP contribution in [-0.2, 0) is 10.9 Å². The fourth-order valence-electron chi connectivity index (χ4n) is 1.18. The molecule has 0 N–H and O–H groups in total. The predicted molar refractivity (Wildman–Crippen MR) is 65.7 cm³/mol. The van der Waals surface area contributed by atoms with E-state index in [9.17, 15) is 0 Å². The quantitative estimate of drug-likeness (QED) is 0.615. The summed E-state index contributed by atoms with van der Waals surface area (Å²) in [5.41, 5.74) is 0. The first-order chi connectivity index (χ1) is 4.59. The van der Waals surface area contributed by atoms with Crippen molar-refractivity contribution in [1.82, 2.24) is 0 Å². The standard InChI is InChI=1S/C5H5.5CH3.2ClH.Cr/c1-2-4-5-3-1;;;;;;;;/h1-3H,4H2;5*1H3;2*1H;. The molecule has 0 aromatic heterocycles. The summed E-state index contributed by atoms with van der Waals surface area (Å²) in [6.07, 6.45) is 7.95. The Balaban J connectivity index is 0. The summed E-state index contributed by atoms with van der Waals surface area (Å²) in [4.78, 5) is 0. The van der Waals surface area contributed by atoms with E-state index in [1.807, 2.05) is 0 Å². The first-order valence-electron chi connectivity index (χ1n) is 3.96. The summed E-state index contributed by atoms with van der Waals surface area (Å²) in [5, 5.41) is 0. The summed E-state index contributed by atoms with van der Waals surface area (Å²) in [5.74, 6) is 12.3. The van der Waals surface area contributed by atoms with E-state index in [2.05, 4.69) is 47.2 Å². The number of allylic oxidation sites excluding steroid dienone is 4. The van der Waals surface area contributed by atoms with Crippen LogP contribution in [0.3, 0.4) is 0 Å². The summed E-state index contributed by atoms with van der Waals surface area (Å²) in [7, 11) is -2.37. The van der Waals surface area contributed by atoms with E-state index in [-0.39, 0.29) is 24.8 Å². The van der Waals surface area contributed by atoms with Crippen molar-refractivity contribution in [1.29, 1.82) is 0 Å². The fraction of sp³-hybridized carbons (Fsp3) is 0.600. The fourth-order valence-corrected chi connectivity index (χ4v) is 3.82. The van der Waals surface area contributed by atoms with Crippen LogP contribution < -0.4 is 0 Å². The van der Waals surface area contributed by atoms with Gasteiger partial charge in [0, 0.05) is 0 Å². The second-order valence-corrected chi connectivity index (χ2v) is 23.1. The van der Waals surface area contributed by atoms with Crippen LogP contribution in [0.2, 0.25) is 28.9 Å². The Morgan fingerprint density at radius 2 is 1.46 bits per heavy atom. The topological polar surface area (TPSA) is 0 Å². The van der Waals surface area contributed by atoms with Gasteiger partial charge in [-0.1, -0.05) is 0 Å². The second-order valence-electron chi connectivity index (χ2n) is 6.37. The molecular formula is C10H22Cl2Cr. The zero-order chi connectivity index (χ0) is 8.81. The summed E-state index contributed by atoms with van der Waals surface area (Å²) in [6, 6.07) is 0. The average molecular weight is 265 g/mol. The molecule has 0 saturated heterocycles. The molecule has 0 aromatic carbocycles. The van der Waals surface area contributed by atoms with Gasteiger partial charge in [0.15, 0.2) is 0 Å². The van der Waals surface area contributed by atoms with E-state index >= 15 is 0 Å². The van der Waals surface area contributed by atoms with Gasteiger partial charge < -0.3 is 0 Å². The SMILES string of the molecule is Cl.Cl.[CH3][Cr]([CH3])([CH3])([CH3])([CH3])[C]1=CC=CC1. The molecule has 0 nitrogen and oxygen atoms in total. The molecule has 0 amide bonds. The second kappa shape index (κ2) is 3.32. The molecule has 0 saturated carbocycles. The zero-order valence-corrected chi connectivity index (χ0v) is 12.1. The molecule has 0 unspecified atom stereocenters. The van der Waals surface area contributed by atoms with E-state index in [1.165, 1.54) is 6.42 Å². The Morgan fingerprint density at radius 3 is 1.62 bits per heavy atom. The molecule has 1 aliphatic rings. The number of rotatable bonds is 1. The van der Waals surface area contributed by atoms with Gasteiger partial charge in [0.05, 0.1) is 0 Å². The van der Waals surface area contributed by atoms with Gasteiger partial charge in [-0.25, -0.2) is 0 Å². The van der Waals surface area contributed by atoms with Gasteiger partial charge in [0.2, 0.25) is 0 Å². The summed E-state index contributed by atoms with van der Waals surface area (Å²) in [6.45, 7) is 0. The molecule has 1 aliphatic carbocycles. The number of hydrogen-bond acceptors (Lipinski definition) is 0. The van der Waals surface area contributed by atoms with E-state index in [4.69, 9.17) is 0 Å². The third kappa shape index (κ3) is 4.57. The van der Waals surface area contributed by atoms with Gasteiger partial charge in [0.25, 0.3) is 0 Å². The Kier molecular flexibility index (Phi) is 4.09. The van der Waals surface area contributed by atoms with Gasteiger partial charge >= 0.3 is 68.9 Å². The van der Waals surface area contributed by atoms with Gasteiger partial charge in [-0.05, 0) is 0 Å². The first-order valence-corrected chi connectivity index (χ1v) is 11.0. The van der Waals surface area contributed by atoms with E-state index in [0.29, 0.717) is 0 Å². The van der Waals surface area contributed by atoms with Gasteiger partial charge in [-0.2, -0.15) is 0 Å². The van der Waals surface area contributed by atoms with Crippen molar-refractivity contribution in [3.63, 3.8) is 0 Å². The number of hydrogen-bond donors (Lipinski definition) is 0. The van der Waals surface area contributed by atoms with Crippen molar-refractivity contribution < 1.29 is 10.9 Å². The van der Waals surface area contributed by atoms with Crippen molar-refractivity contribution in [2.24, 2.45) is 0 Å². The minimum absolute atomic E-state index is 0. The molecule has 0 aliphatic heterocycles. The van der Waals surface area contributed by atoms with Crippen molar-refractivity contribution >= 4 is 24.8 Å². The summed E-state index contributed by atoms with van der Waals surface area (Å²) >= 11 is 0. The third-order valence-electron chi connectivity index (χ3n) is 2.05. The molecule has 0 heterocycles. The Hall–Kier alpha value is 0.592. The normalized spacial score (nSPS) is 20.5. The van der Waals surface area contributed by atoms with Crippen LogP contribution in [0.15, 0.2) is 22.7 Å². The molecule has 0 atom stereocenters. The first kappa shape index (κ1) is 16.0. The molecule has 0 spiro atoms. The van der Waals surface area contributed by atoms with Gasteiger partial charge in [-0.15, -0.1) is 24.8 Å².